The Kier molecular flexibility index (Phi) is 4.37. The van der Waals surface area contributed by atoms with E-state index in [0.717, 1.165) is 33.6 Å². The molecule has 0 aliphatic heterocycles. The summed E-state index contributed by atoms with van der Waals surface area (Å²) in [6.45, 7) is 0. The van der Waals surface area contributed by atoms with Crippen molar-refractivity contribution in [2.45, 2.75) is 0 Å². The molecule has 4 aromatic rings. The summed E-state index contributed by atoms with van der Waals surface area (Å²) >= 11 is 0. The van der Waals surface area contributed by atoms with E-state index in [1.54, 1.807) is 36.9 Å². The third-order valence-electron chi connectivity index (χ3n) is 4.19. The Morgan fingerprint density at radius 2 is 1.37 bits per heavy atom. The molecule has 3 aromatic heterocycles. The molecule has 0 unspecified atom stereocenters. The van der Waals surface area contributed by atoms with E-state index in [-0.39, 0.29) is 5.69 Å². The Morgan fingerprint density at radius 3 is 2.04 bits per heavy atom. The van der Waals surface area contributed by atoms with Crippen LogP contribution in [0.25, 0.3) is 33.6 Å². The molecule has 27 heavy (non-hydrogen) atoms. The van der Waals surface area contributed by atoms with Gasteiger partial charge in [0.1, 0.15) is 0 Å². The minimum atomic E-state index is -0.414. The van der Waals surface area contributed by atoms with Crippen molar-refractivity contribution in [3.8, 4) is 33.6 Å². The normalized spacial score (nSPS) is 10.5. The van der Waals surface area contributed by atoms with Crippen molar-refractivity contribution in [3.05, 3.63) is 95.6 Å². The molecule has 130 valence electrons. The maximum Gasteiger partial charge on any atom is 0.269 e. The Balaban J connectivity index is 1.87. The van der Waals surface area contributed by atoms with Crippen molar-refractivity contribution in [1.29, 1.82) is 0 Å². The molecule has 6 heteroatoms. The standard InChI is InChI=1S/C21H14N4O2/c26-25(27)17-9-7-15(8-10-17)20-19(6-3-12-23-20)21-18(5-2-13-24-21)16-4-1-11-22-14-16/h1-14H. The predicted octanol–water partition coefficient (Wildman–Crippen LogP) is 4.78. The Morgan fingerprint density at radius 1 is 0.704 bits per heavy atom. The predicted molar refractivity (Wildman–Crippen MR) is 103 cm³/mol. The fourth-order valence-electron chi connectivity index (χ4n) is 2.94. The quantitative estimate of drug-likeness (QED) is 0.389. The van der Waals surface area contributed by atoms with Gasteiger partial charge in [0.25, 0.3) is 5.69 Å². The minimum Gasteiger partial charge on any atom is -0.264 e. The number of nitro benzene ring substituents is 1. The Bertz CT molecular complexity index is 1100. The molecule has 0 saturated heterocycles. The summed E-state index contributed by atoms with van der Waals surface area (Å²) in [5.41, 5.74) is 5.10. The van der Waals surface area contributed by atoms with Crippen LogP contribution in [-0.2, 0) is 0 Å². The summed E-state index contributed by atoms with van der Waals surface area (Å²) in [6.07, 6.45) is 6.96. The molecule has 4 rings (SSSR count). The number of nitrogens with zero attached hydrogens (tertiary/aromatic N) is 4. The minimum absolute atomic E-state index is 0.0464. The van der Waals surface area contributed by atoms with Gasteiger partial charge in [-0.25, -0.2) is 0 Å². The van der Waals surface area contributed by atoms with Gasteiger partial charge in [-0.15, -0.1) is 0 Å². The summed E-state index contributed by atoms with van der Waals surface area (Å²) in [4.78, 5) is 23.8. The third kappa shape index (κ3) is 3.28. The highest BCUT2D eigenvalue weighted by atomic mass is 16.6. The first-order chi connectivity index (χ1) is 13.2. The summed E-state index contributed by atoms with van der Waals surface area (Å²) in [7, 11) is 0. The Labute approximate surface area is 155 Å². The lowest BCUT2D eigenvalue weighted by molar-refractivity contribution is -0.384. The monoisotopic (exact) mass is 354 g/mol. The molecular formula is C21H14N4O2. The maximum absolute atomic E-state index is 10.9. The second kappa shape index (κ2) is 7.13. The summed E-state index contributed by atoms with van der Waals surface area (Å²) < 4.78 is 0. The van der Waals surface area contributed by atoms with Crippen molar-refractivity contribution in [2.24, 2.45) is 0 Å². The zero-order valence-electron chi connectivity index (χ0n) is 14.2. The second-order valence-electron chi connectivity index (χ2n) is 5.84. The van der Waals surface area contributed by atoms with Gasteiger partial charge < -0.3 is 0 Å². The number of hydrogen-bond donors (Lipinski definition) is 0. The van der Waals surface area contributed by atoms with Crippen molar-refractivity contribution < 1.29 is 4.92 Å². The van der Waals surface area contributed by atoms with E-state index < -0.39 is 4.92 Å². The van der Waals surface area contributed by atoms with Gasteiger partial charge >= 0.3 is 0 Å². The van der Waals surface area contributed by atoms with Gasteiger partial charge in [0, 0.05) is 59.2 Å². The highest BCUT2D eigenvalue weighted by molar-refractivity contribution is 5.87. The number of benzene rings is 1. The Hall–Kier alpha value is -3.93. The van der Waals surface area contributed by atoms with Crippen molar-refractivity contribution in [1.82, 2.24) is 15.0 Å². The molecule has 0 aliphatic carbocycles. The average molecular weight is 354 g/mol. The smallest absolute Gasteiger partial charge is 0.264 e. The fourth-order valence-corrected chi connectivity index (χ4v) is 2.94. The van der Waals surface area contributed by atoms with Gasteiger partial charge in [-0.2, -0.15) is 0 Å². The molecule has 0 spiro atoms. The van der Waals surface area contributed by atoms with Gasteiger partial charge in [-0.1, -0.05) is 12.1 Å². The molecule has 0 N–H and O–H groups in total. The van der Waals surface area contributed by atoms with Gasteiger partial charge in [-0.05, 0) is 36.4 Å². The summed E-state index contributed by atoms with van der Waals surface area (Å²) in [6, 6.07) is 17.9. The maximum atomic E-state index is 10.9. The number of nitro groups is 1. The summed E-state index contributed by atoms with van der Waals surface area (Å²) in [5, 5.41) is 10.9. The largest absolute Gasteiger partial charge is 0.269 e. The van der Waals surface area contributed by atoms with Gasteiger partial charge in [0.2, 0.25) is 0 Å². The van der Waals surface area contributed by atoms with E-state index >= 15 is 0 Å². The second-order valence-corrected chi connectivity index (χ2v) is 5.84. The van der Waals surface area contributed by atoms with Crippen LogP contribution in [0.1, 0.15) is 0 Å². The SMILES string of the molecule is O=[N+]([O-])c1ccc(-c2ncccc2-c2ncccc2-c2cccnc2)cc1. The van der Waals surface area contributed by atoms with Crippen molar-refractivity contribution in [3.63, 3.8) is 0 Å². The van der Waals surface area contributed by atoms with Gasteiger partial charge in [-0.3, -0.25) is 25.1 Å². The van der Waals surface area contributed by atoms with E-state index in [1.807, 2.05) is 36.4 Å². The van der Waals surface area contributed by atoms with Crippen LogP contribution >= 0.6 is 0 Å². The van der Waals surface area contributed by atoms with Crippen LogP contribution in [-0.4, -0.2) is 19.9 Å². The topological polar surface area (TPSA) is 81.8 Å². The van der Waals surface area contributed by atoms with Crippen LogP contribution in [0.15, 0.2) is 85.5 Å². The number of hydrogen-bond acceptors (Lipinski definition) is 5. The van der Waals surface area contributed by atoms with Crippen LogP contribution in [0.2, 0.25) is 0 Å². The van der Waals surface area contributed by atoms with E-state index in [2.05, 4.69) is 15.0 Å². The molecule has 0 atom stereocenters. The van der Waals surface area contributed by atoms with Crippen LogP contribution in [0.5, 0.6) is 0 Å². The number of non-ortho nitro benzene ring substituents is 1. The first-order valence-electron chi connectivity index (χ1n) is 8.29. The van der Waals surface area contributed by atoms with Gasteiger partial charge in [0.05, 0.1) is 16.3 Å². The van der Waals surface area contributed by atoms with Crippen LogP contribution in [0, 0.1) is 10.1 Å². The zero-order valence-corrected chi connectivity index (χ0v) is 14.2. The number of aromatic nitrogens is 3. The molecule has 0 bridgehead atoms. The van der Waals surface area contributed by atoms with E-state index in [0.29, 0.717) is 0 Å². The molecule has 0 aliphatic rings. The highest BCUT2D eigenvalue weighted by Crippen LogP contribution is 2.35. The number of rotatable bonds is 4. The fraction of sp³-hybridized carbons (Fsp3) is 0. The highest BCUT2D eigenvalue weighted by Gasteiger charge is 2.15. The zero-order chi connectivity index (χ0) is 18.6. The lowest BCUT2D eigenvalue weighted by atomic mass is 9.97. The van der Waals surface area contributed by atoms with Crippen LogP contribution in [0.4, 0.5) is 5.69 Å². The molecule has 1 aromatic carbocycles. The molecule has 6 nitrogen and oxygen atoms in total. The van der Waals surface area contributed by atoms with E-state index in [9.17, 15) is 10.1 Å². The molecule has 0 fully saturated rings. The van der Waals surface area contributed by atoms with Crippen LogP contribution < -0.4 is 0 Å². The molecule has 3 heterocycles. The lowest BCUT2D eigenvalue weighted by Crippen LogP contribution is -1.94. The van der Waals surface area contributed by atoms with Crippen molar-refractivity contribution >= 4 is 5.69 Å². The van der Waals surface area contributed by atoms with E-state index in [1.165, 1.54) is 12.1 Å². The van der Waals surface area contributed by atoms with E-state index in [4.69, 9.17) is 0 Å². The first-order valence-corrected chi connectivity index (χ1v) is 8.29. The third-order valence-corrected chi connectivity index (χ3v) is 4.19. The molecule has 0 saturated carbocycles. The summed E-state index contributed by atoms with van der Waals surface area (Å²) in [5.74, 6) is 0. The molecule has 0 radical (unpaired) electrons. The number of pyridine rings is 3. The molecule has 0 amide bonds. The van der Waals surface area contributed by atoms with Crippen LogP contribution in [0.3, 0.4) is 0 Å². The average Bonchev–Trinajstić information content (AvgIpc) is 2.74. The first kappa shape index (κ1) is 16.5. The molecular weight excluding hydrogens is 340 g/mol. The van der Waals surface area contributed by atoms with Crippen molar-refractivity contribution in [2.75, 3.05) is 0 Å². The van der Waals surface area contributed by atoms with Gasteiger partial charge in [0.15, 0.2) is 0 Å². The lowest BCUT2D eigenvalue weighted by Gasteiger charge is -2.12.